The molecule has 7 heteroatoms. The summed E-state index contributed by atoms with van der Waals surface area (Å²) in [6.45, 7) is 5.03. The number of hydrogen-bond donors (Lipinski definition) is 1. The first kappa shape index (κ1) is 21.4. The van der Waals surface area contributed by atoms with Gasteiger partial charge in [-0.25, -0.2) is 8.42 Å². The molecule has 0 aliphatic carbocycles. The van der Waals surface area contributed by atoms with Crippen molar-refractivity contribution < 1.29 is 13.2 Å². The maximum atomic E-state index is 12.9. The standard InChI is InChI=1S/C17H28N2O3S.ClH/c1-4-13(2)14-5-7-17(8-6-14)23(20,21)19-10-9-16(22-3)11-15(19)12-18;/h5-8,13,15-16H,4,9-12,18H2,1-3H3;1H. The van der Waals surface area contributed by atoms with Gasteiger partial charge in [0, 0.05) is 26.2 Å². The minimum absolute atomic E-state index is 0. The molecule has 1 heterocycles. The number of sulfonamides is 1. The predicted octanol–water partition coefficient (Wildman–Crippen LogP) is 2.75. The zero-order chi connectivity index (χ0) is 17.0. The first-order valence-electron chi connectivity index (χ1n) is 8.28. The topological polar surface area (TPSA) is 72.6 Å². The fourth-order valence-corrected chi connectivity index (χ4v) is 4.74. The van der Waals surface area contributed by atoms with E-state index in [1.54, 1.807) is 23.5 Å². The van der Waals surface area contributed by atoms with E-state index in [-0.39, 0.29) is 24.6 Å². The molecule has 0 bridgehead atoms. The molecule has 1 aliphatic rings. The largest absolute Gasteiger partial charge is 0.381 e. The molecule has 24 heavy (non-hydrogen) atoms. The highest BCUT2D eigenvalue weighted by Gasteiger charge is 2.36. The number of piperidine rings is 1. The van der Waals surface area contributed by atoms with Gasteiger partial charge >= 0.3 is 0 Å². The van der Waals surface area contributed by atoms with Gasteiger partial charge in [0.05, 0.1) is 11.0 Å². The van der Waals surface area contributed by atoms with Crippen LogP contribution in [0.5, 0.6) is 0 Å². The third-order valence-corrected chi connectivity index (χ3v) is 6.85. The van der Waals surface area contributed by atoms with E-state index < -0.39 is 10.0 Å². The van der Waals surface area contributed by atoms with Gasteiger partial charge in [0.25, 0.3) is 0 Å². The molecule has 0 amide bonds. The maximum absolute atomic E-state index is 12.9. The molecule has 2 rings (SSSR count). The van der Waals surface area contributed by atoms with Gasteiger partial charge in [-0.05, 0) is 42.9 Å². The first-order valence-corrected chi connectivity index (χ1v) is 9.72. The lowest BCUT2D eigenvalue weighted by atomic mass is 9.99. The highest BCUT2D eigenvalue weighted by molar-refractivity contribution is 7.89. The molecule has 3 unspecified atom stereocenters. The van der Waals surface area contributed by atoms with Crippen molar-refractivity contribution in [2.45, 2.75) is 56.1 Å². The molecule has 0 saturated carbocycles. The van der Waals surface area contributed by atoms with Crippen molar-refractivity contribution in [1.82, 2.24) is 4.31 Å². The summed E-state index contributed by atoms with van der Waals surface area (Å²) in [7, 11) is -1.84. The molecule has 1 aromatic rings. The normalized spacial score (nSPS) is 23.5. The van der Waals surface area contributed by atoms with Crippen molar-refractivity contribution in [3.63, 3.8) is 0 Å². The van der Waals surface area contributed by atoms with Gasteiger partial charge in [0.2, 0.25) is 10.0 Å². The Labute approximate surface area is 152 Å². The Hall–Kier alpha value is -0.660. The average Bonchev–Trinajstić information content (AvgIpc) is 2.60. The summed E-state index contributed by atoms with van der Waals surface area (Å²) < 4.78 is 32.8. The Morgan fingerprint density at radius 2 is 1.96 bits per heavy atom. The maximum Gasteiger partial charge on any atom is 0.243 e. The Morgan fingerprint density at radius 1 is 1.33 bits per heavy atom. The molecule has 1 fully saturated rings. The summed E-state index contributed by atoms with van der Waals surface area (Å²) in [6.07, 6.45) is 2.48. The van der Waals surface area contributed by atoms with Crippen LogP contribution in [0.25, 0.3) is 0 Å². The highest BCUT2D eigenvalue weighted by Crippen LogP contribution is 2.27. The summed E-state index contributed by atoms with van der Waals surface area (Å²) in [5.41, 5.74) is 6.97. The molecular weight excluding hydrogens is 348 g/mol. The Kier molecular flexibility index (Phi) is 8.15. The van der Waals surface area contributed by atoms with Crippen molar-refractivity contribution in [3.8, 4) is 0 Å². The Bertz CT molecular complexity index is 607. The fourth-order valence-electron chi connectivity index (χ4n) is 3.08. The van der Waals surface area contributed by atoms with Gasteiger partial charge in [-0.3, -0.25) is 0 Å². The highest BCUT2D eigenvalue weighted by atomic mass is 35.5. The van der Waals surface area contributed by atoms with E-state index in [1.807, 2.05) is 12.1 Å². The van der Waals surface area contributed by atoms with Crippen molar-refractivity contribution in [2.75, 3.05) is 20.2 Å². The number of nitrogens with zero attached hydrogens (tertiary/aromatic N) is 1. The second-order valence-corrected chi connectivity index (χ2v) is 8.16. The van der Waals surface area contributed by atoms with E-state index in [2.05, 4.69) is 13.8 Å². The number of rotatable bonds is 6. The van der Waals surface area contributed by atoms with E-state index in [4.69, 9.17) is 10.5 Å². The Morgan fingerprint density at radius 3 is 2.46 bits per heavy atom. The van der Waals surface area contributed by atoms with Crippen LogP contribution in [-0.2, 0) is 14.8 Å². The van der Waals surface area contributed by atoms with Crippen LogP contribution in [0.2, 0.25) is 0 Å². The van der Waals surface area contributed by atoms with Gasteiger partial charge in [0.15, 0.2) is 0 Å². The summed E-state index contributed by atoms with van der Waals surface area (Å²) in [5.74, 6) is 0.431. The lowest BCUT2D eigenvalue weighted by Gasteiger charge is -2.37. The van der Waals surface area contributed by atoms with Gasteiger partial charge in [-0.15, -0.1) is 12.4 Å². The van der Waals surface area contributed by atoms with Crippen LogP contribution >= 0.6 is 12.4 Å². The number of halogens is 1. The van der Waals surface area contributed by atoms with Crippen LogP contribution in [-0.4, -0.2) is 45.1 Å². The lowest BCUT2D eigenvalue weighted by molar-refractivity contribution is 0.0401. The van der Waals surface area contributed by atoms with E-state index in [1.165, 1.54) is 5.56 Å². The third kappa shape index (κ3) is 4.49. The van der Waals surface area contributed by atoms with E-state index in [0.717, 1.165) is 6.42 Å². The monoisotopic (exact) mass is 376 g/mol. The molecule has 2 N–H and O–H groups in total. The number of nitrogens with two attached hydrogens (primary N) is 1. The van der Waals surface area contributed by atoms with Crippen LogP contribution in [0.15, 0.2) is 29.2 Å². The first-order chi connectivity index (χ1) is 10.9. The molecule has 5 nitrogen and oxygen atoms in total. The minimum atomic E-state index is -3.51. The van der Waals surface area contributed by atoms with E-state index in [9.17, 15) is 8.42 Å². The average molecular weight is 377 g/mol. The lowest BCUT2D eigenvalue weighted by Crippen LogP contribution is -2.51. The molecule has 0 radical (unpaired) electrons. The summed E-state index contributed by atoms with van der Waals surface area (Å²) in [5, 5.41) is 0. The van der Waals surface area contributed by atoms with Crippen molar-refractivity contribution in [1.29, 1.82) is 0 Å². The molecule has 1 aromatic carbocycles. The van der Waals surface area contributed by atoms with Crippen LogP contribution in [0.3, 0.4) is 0 Å². The fraction of sp³-hybridized carbons (Fsp3) is 0.647. The van der Waals surface area contributed by atoms with Crippen LogP contribution in [0.1, 0.15) is 44.6 Å². The number of methoxy groups -OCH3 is 1. The molecule has 1 saturated heterocycles. The van der Waals surface area contributed by atoms with Gasteiger partial charge in [-0.1, -0.05) is 26.0 Å². The molecular formula is C17H29ClN2O3S. The van der Waals surface area contributed by atoms with Crippen molar-refractivity contribution >= 4 is 22.4 Å². The van der Waals surface area contributed by atoms with Crippen LogP contribution in [0, 0.1) is 0 Å². The molecule has 0 spiro atoms. The van der Waals surface area contributed by atoms with Gasteiger partial charge in [0.1, 0.15) is 0 Å². The van der Waals surface area contributed by atoms with Gasteiger partial charge < -0.3 is 10.5 Å². The van der Waals surface area contributed by atoms with E-state index >= 15 is 0 Å². The van der Waals surface area contributed by atoms with E-state index in [0.29, 0.717) is 36.7 Å². The molecule has 1 aliphatic heterocycles. The van der Waals surface area contributed by atoms with Crippen LogP contribution < -0.4 is 5.73 Å². The molecule has 138 valence electrons. The van der Waals surface area contributed by atoms with Gasteiger partial charge in [-0.2, -0.15) is 4.31 Å². The molecule has 0 aromatic heterocycles. The van der Waals surface area contributed by atoms with Crippen molar-refractivity contribution in [3.05, 3.63) is 29.8 Å². The number of ether oxygens (including phenoxy) is 1. The smallest absolute Gasteiger partial charge is 0.243 e. The Balaban J connectivity index is 0.00000288. The summed E-state index contributed by atoms with van der Waals surface area (Å²) in [4.78, 5) is 0.346. The SMILES string of the molecule is CCC(C)c1ccc(S(=O)(=O)N2CCC(OC)CC2CN)cc1.Cl. The minimum Gasteiger partial charge on any atom is -0.381 e. The number of benzene rings is 1. The van der Waals surface area contributed by atoms with Crippen molar-refractivity contribution in [2.24, 2.45) is 5.73 Å². The zero-order valence-corrected chi connectivity index (χ0v) is 16.3. The summed E-state index contributed by atoms with van der Waals surface area (Å²) in [6, 6.07) is 7.06. The molecule has 3 atom stereocenters. The summed E-state index contributed by atoms with van der Waals surface area (Å²) >= 11 is 0. The zero-order valence-electron chi connectivity index (χ0n) is 14.6. The quantitative estimate of drug-likeness (QED) is 0.828. The predicted molar refractivity (Wildman–Crippen MR) is 99.2 cm³/mol. The van der Waals surface area contributed by atoms with Crippen LogP contribution in [0.4, 0.5) is 0 Å². The number of hydrogen-bond acceptors (Lipinski definition) is 4. The third-order valence-electron chi connectivity index (χ3n) is 4.89. The second-order valence-electron chi connectivity index (χ2n) is 6.27. The second kappa shape index (κ2) is 9.15.